The standard InChI is InChI=1S/C14H18BrFN2O3/c1-9(14(20)21)18(7-6-17-10(2)19)8-11-4-3-5-12(16)13(11)15/h3-5,9H,6-8H2,1-2H3,(H,17,19)(H,20,21). The van der Waals surface area contributed by atoms with Crippen LogP contribution in [-0.4, -0.2) is 41.0 Å². The summed E-state index contributed by atoms with van der Waals surface area (Å²) in [6.45, 7) is 3.92. The van der Waals surface area contributed by atoms with Gasteiger partial charge in [-0.15, -0.1) is 0 Å². The van der Waals surface area contributed by atoms with Gasteiger partial charge < -0.3 is 10.4 Å². The number of aliphatic carboxylic acids is 1. The Labute approximate surface area is 131 Å². The highest BCUT2D eigenvalue weighted by molar-refractivity contribution is 9.10. The summed E-state index contributed by atoms with van der Waals surface area (Å²) < 4.78 is 13.8. The van der Waals surface area contributed by atoms with Crippen LogP contribution in [0, 0.1) is 5.82 Å². The summed E-state index contributed by atoms with van der Waals surface area (Å²) in [6, 6.07) is 3.89. The third-order valence-electron chi connectivity index (χ3n) is 3.08. The first-order valence-corrected chi connectivity index (χ1v) is 7.26. The van der Waals surface area contributed by atoms with Crippen LogP contribution < -0.4 is 5.32 Å². The molecule has 5 nitrogen and oxygen atoms in total. The molecule has 0 aromatic heterocycles. The van der Waals surface area contributed by atoms with Crippen molar-refractivity contribution < 1.29 is 19.1 Å². The van der Waals surface area contributed by atoms with Crippen molar-refractivity contribution in [3.8, 4) is 0 Å². The van der Waals surface area contributed by atoms with E-state index in [1.165, 1.54) is 13.0 Å². The van der Waals surface area contributed by atoms with Crippen LogP contribution in [-0.2, 0) is 16.1 Å². The molecule has 1 aromatic rings. The largest absolute Gasteiger partial charge is 0.480 e. The lowest BCUT2D eigenvalue weighted by Gasteiger charge is -2.26. The Hall–Kier alpha value is -1.47. The van der Waals surface area contributed by atoms with Crippen LogP contribution in [0.15, 0.2) is 22.7 Å². The Morgan fingerprint density at radius 1 is 1.48 bits per heavy atom. The number of amides is 1. The number of benzene rings is 1. The molecule has 0 aliphatic carbocycles. The summed E-state index contributed by atoms with van der Waals surface area (Å²) in [5, 5.41) is 11.8. The van der Waals surface area contributed by atoms with E-state index in [9.17, 15) is 14.0 Å². The zero-order valence-corrected chi connectivity index (χ0v) is 13.5. The van der Waals surface area contributed by atoms with Crippen LogP contribution >= 0.6 is 15.9 Å². The van der Waals surface area contributed by atoms with Gasteiger partial charge >= 0.3 is 5.97 Å². The van der Waals surface area contributed by atoms with E-state index in [4.69, 9.17) is 5.11 Å². The van der Waals surface area contributed by atoms with Gasteiger partial charge in [0.05, 0.1) is 4.47 Å². The minimum absolute atomic E-state index is 0.176. The summed E-state index contributed by atoms with van der Waals surface area (Å²) >= 11 is 3.17. The van der Waals surface area contributed by atoms with E-state index in [2.05, 4.69) is 21.2 Å². The highest BCUT2D eigenvalue weighted by atomic mass is 79.9. The predicted octanol–water partition coefficient (Wildman–Crippen LogP) is 2.00. The maximum absolute atomic E-state index is 13.5. The molecule has 0 fully saturated rings. The molecule has 0 spiro atoms. The van der Waals surface area contributed by atoms with Crippen LogP contribution in [0.4, 0.5) is 4.39 Å². The quantitative estimate of drug-likeness (QED) is 0.780. The van der Waals surface area contributed by atoms with Crippen LogP contribution in [0.3, 0.4) is 0 Å². The number of nitrogens with one attached hydrogen (secondary N) is 1. The summed E-state index contributed by atoms with van der Waals surface area (Å²) in [6.07, 6.45) is 0. The van der Waals surface area contributed by atoms with Gasteiger partial charge in [0.15, 0.2) is 0 Å². The molecule has 0 heterocycles. The molecule has 21 heavy (non-hydrogen) atoms. The van der Waals surface area contributed by atoms with Crippen molar-refractivity contribution in [1.29, 1.82) is 0 Å². The maximum atomic E-state index is 13.5. The van der Waals surface area contributed by atoms with E-state index < -0.39 is 17.8 Å². The molecule has 116 valence electrons. The Morgan fingerprint density at radius 2 is 2.14 bits per heavy atom. The number of carbonyl (C=O) groups excluding carboxylic acids is 1. The SMILES string of the molecule is CC(=O)NCCN(Cc1cccc(F)c1Br)C(C)C(=O)O. The van der Waals surface area contributed by atoms with Crippen molar-refractivity contribution in [2.45, 2.75) is 26.4 Å². The third kappa shape index (κ3) is 5.43. The average molecular weight is 361 g/mol. The smallest absolute Gasteiger partial charge is 0.320 e. The molecule has 2 N–H and O–H groups in total. The number of hydrogen-bond acceptors (Lipinski definition) is 3. The monoisotopic (exact) mass is 360 g/mol. The minimum atomic E-state index is -0.967. The number of hydrogen-bond donors (Lipinski definition) is 2. The molecule has 0 bridgehead atoms. The van der Waals surface area contributed by atoms with Crippen molar-refractivity contribution in [2.24, 2.45) is 0 Å². The third-order valence-corrected chi connectivity index (χ3v) is 3.97. The molecular weight excluding hydrogens is 343 g/mol. The average Bonchev–Trinajstić information content (AvgIpc) is 2.41. The topological polar surface area (TPSA) is 69.6 Å². The number of carboxylic acids is 1. The molecule has 1 amide bonds. The van der Waals surface area contributed by atoms with Gasteiger partial charge in [0.1, 0.15) is 11.9 Å². The van der Waals surface area contributed by atoms with Crippen LogP contribution in [0.2, 0.25) is 0 Å². The van der Waals surface area contributed by atoms with E-state index in [-0.39, 0.29) is 12.5 Å². The Balaban J connectivity index is 2.83. The first-order valence-electron chi connectivity index (χ1n) is 6.47. The van der Waals surface area contributed by atoms with Gasteiger partial charge in [-0.25, -0.2) is 4.39 Å². The molecule has 0 saturated heterocycles. The predicted molar refractivity (Wildman–Crippen MR) is 80.3 cm³/mol. The molecule has 1 unspecified atom stereocenters. The first-order chi connectivity index (χ1) is 9.82. The maximum Gasteiger partial charge on any atom is 0.320 e. The van der Waals surface area contributed by atoms with Crippen molar-refractivity contribution >= 4 is 27.8 Å². The second-order valence-electron chi connectivity index (χ2n) is 4.68. The van der Waals surface area contributed by atoms with E-state index >= 15 is 0 Å². The Bertz CT molecular complexity index is 525. The highest BCUT2D eigenvalue weighted by Crippen LogP contribution is 2.22. The molecule has 0 aliphatic rings. The number of carboxylic acid groups (broad SMARTS) is 1. The van der Waals surface area contributed by atoms with E-state index in [1.807, 2.05) is 0 Å². The molecular formula is C14H18BrFN2O3. The lowest BCUT2D eigenvalue weighted by Crippen LogP contribution is -2.42. The molecule has 0 radical (unpaired) electrons. The van der Waals surface area contributed by atoms with Gasteiger partial charge in [-0.05, 0) is 34.5 Å². The van der Waals surface area contributed by atoms with E-state index in [0.29, 0.717) is 23.1 Å². The first kappa shape index (κ1) is 17.6. The molecule has 1 rings (SSSR count). The van der Waals surface area contributed by atoms with Crippen LogP contribution in [0.1, 0.15) is 19.4 Å². The molecule has 1 aromatic carbocycles. The molecule has 7 heteroatoms. The fourth-order valence-corrected chi connectivity index (χ4v) is 2.22. The van der Waals surface area contributed by atoms with Crippen molar-refractivity contribution in [3.05, 3.63) is 34.1 Å². The normalized spacial score (nSPS) is 12.2. The summed E-state index contributed by atoms with van der Waals surface area (Å²) in [4.78, 5) is 23.7. The Morgan fingerprint density at radius 3 is 2.71 bits per heavy atom. The summed E-state index contributed by atoms with van der Waals surface area (Å²) in [5.41, 5.74) is 0.658. The van der Waals surface area contributed by atoms with Crippen molar-refractivity contribution in [3.63, 3.8) is 0 Å². The van der Waals surface area contributed by atoms with Gasteiger partial charge in [0.25, 0.3) is 0 Å². The van der Waals surface area contributed by atoms with Gasteiger partial charge in [0, 0.05) is 26.6 Å². The van der Waals surface area contributed by atoms with Gasteiger partial charge in [-0.3, -0.25) is 14.5 Å². The molecule has 0 saturated carbocycles. The summed E-state index contributed by atoms with van der Waals surface area (Å²) in [7, 11) is 0. The van der Waals surface area contributed by atoms with E-state index in [1.54, 1.807) is 24.0 Å². The highest BCUT2D eigenvalue weighted by Gasteiger charge is 2.21. The molecule has 0 aliphatic heterocycles. The van der Waals surface area contributed by atoms with Crippen molar-refractivity contribution in [1.82, 2.24) is 10.2 Å². The number of nitrogens with zero attached hydrogens (tertiary/aromatic N) is 1. The fraction of sp³-hybridized carbons (Fsp3) is 0.429. The van der Waals surface area contributed by atoms with Gasteiger partial charge in [0.2, 0.25) is 5.91 Å². The van der Waals surface area contributed by atoms with Crippen LogP contribution in [0.25, 0.3) is 0 Å². The fourth-order valence-electron chi connectivity index (χ4n) is 1.83. The number of carbonyl (C=O) groups is 2. The second kappa shape index (κ2) is 8.09. The van der Waals surface area contributed by atoms with Crippen molar-refractivity contribution in [2.75, 3.05) is 13.1 Å². The van der Waals surface area contributed by atoms with Gasteiger partial charge in [-0.1, -0.05) is 12.1 Å². The number of rotatable bonds is 7. The van der Waals surface area contributed by atoms with Gasteiger partial charge in [-0.2, -0.15) is 0 Å². The zero-order chi connectivity index (χ0) is 16.0. The van der Waals surface area contributed by atoms with E-state index in [0.717, 1.165) is 0 Å². The lowest BCUT2D eigenvalue weighted by atomic mass is 10.1. The minimum Gasteiger partial charge on any atom is -0.480 e. The summed E-state index contributed by atoms with van der Waals surface area (Å²) in [5.74, 6) is -1.53. The second-order valence-corrected chi connectivity index (χ2v) is 5.47. The lowest BCUT2D eigenvalue weighted by molar-refractivity contribution is -0.142. The number of halogens is 2. The Kier molecular flexibility index (Phi) is 6.77. The van der Waals surface area contributed by atoms with Crippen LogP contribution in [0.5, 0.6) is 0 Å². The molecule has 1 atom stereocenters. The zero-order valence-electron chi connectivity index (χ0n) is 11.9.